The summed E-state index contributed by atoms with van der Waals surface area (Å²) < 4.78 is 63.9. The number of hydrogen-bond donors (Lipinski definition) is 2. The molecule has 174 valence electrons. The van der Waals surface area contributed by atoms with Gasteiger partial charge >= 0.3 is 6.18 Å². The van der Waals surface area contributed by atoms with Crippen molar-refractivity contribution in [3.63, 3.8) is 0 Å². The number of rotatable bonds is 7. The largest absolute Gasteiger partial charge is 0.416 e. The van der Waals surface area contributed by atoms with Crippen LogP contribution in [-0.2, 0) is 20.8 Å². The molecule has 0 saturated heterocycles. The highest BCUT2D eigenvalue weighted by molar-refractivity contribution is 7.91. The number of amides is 1. The SMILES string of the molecule is O=C(CNC1CCCCC1)NC1CCC(CS(=O)(=O)c2cccc(C(F)(F)F)c2)CC1. The van der Waals surface area contributed by atoms with E-state index in [1.54, 1.807) is 0 Å². The zero-order chi connectivity index (χ0) is 22.5. The van der Waals surface area contributed by atoms with Crippen molar-refractivity contribution in [1.29, 1.82) is 0 Å². The van der Waals surface area contributed by atoms with Crippen molar-refractivity contribution >= 4 is 15.7 Å². The number of halogens is 3. The van der Waals surface area contributed by atoms with E-state index in [0.717, 1.165) is 25.0 Å². The van der Waals surface area contributed by atoms with Gasteiger partial charge < -0.3 is 10.6 Å². The van der Waals surface area contributed by atoms with Crippen molar-refractivity contribution in [2.45, 2.75) is 80.9 Å². The van der Waals surface area contributed by atoms with Gasteiger partial charge in [-0.1, -0.05) is 25.3 Å². The molecule has 2 aliphatic carbocycles. The Labute approximate surface area is 182 Å². The van der Waals surface area contributed by atoms with Crippen LogP contribution in [0.5, 0.6) is 0 Å². The maximum absolute atomic E-state index is 12.9. The van der Waals surface area contributed by atoms with Crippen LogP contribution in [0.3, 0.4) is 0 Å². The fourth-order valence-electron chi connectivity index (χ4n) is 4.57. The van der Waals surface area contributed by atoms with E-state index in [4.69, 9.17) is 0 Å². The van der Waals surface area contributed by atoms with Gasteiger partial charge in [0.25, 0.3) is 0 Å². The standard InChI is InChI=1S/C22H31F3N2O3S/c23-22(24,25)17-5-4-8-20(13-17)31(29,30)15-16-9-11-19(12-10-16)27-21(28)14-26-18-6-2-1-3-7-18/h4-5,8,13,16,18-19,26H,1-3,6-7,9-12,14-15H2,(H,27,28). The molecule has 2 N–H and O–H groups in total. The van der Waals surface area contributed by atoms with Crippen molar-refractivity contribution in [2.24, 2.45) is 5.92 Å². The van der Waals surface area contributed by atoms with Gasteiger partial charge in [-0.15, -0.1) is 0 Å². The predicted octanol–water partition coefficient (Wildman–Crippen LogP) is 4.08. The maximum Gasteiger partial charge on any atom is 0.416 e. The Bertz CT molecular complexity index is 844. The Balaban J connectivity index is 1.44. The number of carbonyl (C=O) groups is 1. The molecular formula is C22H31F3N2O3S. The lowest BCUT2D eigenvalue weighted by molar-refractivity contribution is -0.137. The van der Waals surface area contributed by atoms with Crippen LogP contribution in [0.4, 0.5) is 13.2 Å². The Morgan fingerprint density at radius 1 is 0.968 bits per heavy atom. The summed E-state index contributed by atoms with van der Waals surface area (Å²) in [7, 11) is -3.80. The van der Waals surface area contributed by atoms with Crippen molar-refractivity contribution in [2.75, 3.05) is 12.3 Å². The summed E-state index contributed by atoms with van der Waals surface area (Å²) in [5, 5.41) is 6.33. The van der Waals surface area contributed by atoms with Gasteiger partial charge in [-0.25, -0.2) is 8.42 Å². The summed E-state index contributed by atoms with van der Waals surface area (Å²) >= 11 is 0. The molecule has 0 unspecified atom stereocenters. The van der Waals surface area contributed by atoms with E-state index >= 15 is 0 Å². The highest BCUT2D eigenvalue weighted by Crippen LogP contribution is 2.32. The van der Waals surface area contributed by atoms with E-state index in [1.165, 1.54) is 25.3 Å². The normalized spacial score (nSPS) is 23.5. The van der Waals surface area contributed by atoms with Gasteiger partial charge in [-0.3, -0.25) is 4.79 Å². The average molecular weight is 461 g/mol. The second kappa shape index (κ2) is 10.3. The summed E-state index contributed by atoms with van der Waals surface area (Å²) in [6.07, 6.45) is 3.91. The van der Waals surface area contributed by atoms with E-state index in [0.29, 0.717) is 44.3 Å². The van der Waals surface area contributed by atoms with Gasteiger partial charge in [0.05, 0.1) is 22.8 Å². The number of hydrogen-bond acceptors (Lipinski definition) is 4. The second-order valence-electron chi connectivity index (χ2n) is 8.81. The zero-order valence-corrected chi connectivity index (χ0v) is 18.4. The van der Waals surface area contributed by atoms with Gasteiger partial charge in [0.15, 0.2) is 9.84 Å². The summed E-state index contributed by atoms with van der Waals surface area (Å²) in [6, 6.07) is 4.36. The fourth-order valence-corrected chi connectivity index (χ4v) is 6.31. The Morgan fingerprint density at radius 3 is 2.29 bits per heavy atom. The number of sulfone groups is 1. The molecule has 1 amide bonds. The molecule has 0 radical (unpaired) electrons. The van der Waals surface area contributed by atoms with Crippen molar-refractivity contribution in [1.82, 2.24) is 10.6 Å². The van der Waals surface area contributed by atoms with Gasteiger partial charge in [-0.2, -0.15) is 13.2 Å². The molecule has 9 heteroatoms. The highest BCUT2D eigenvalue weighted by atomic mass is 32.2. The van der Waals surface area contributed by atoms with Crippen LogP contribution in [0.25, 0.3) is 0 Å². The molecule has 1 aromatic carbocycles. The molecule has 2 saturated carbocycles. The van der Waals surface area contributed by atoms with Crippen LogP contribution in [0.15, 0.2) is 29.2 Å². The first-order valence-electron chi connectivity index (χ1n) is 11.1. The quantitative estimate of drug-likeness (QED) is 0.643. The second-order valence-corrected chi connectivity index (χ2v) is 10.8. The lowest BCUT2D eigenvalue weighted by Crippen LogP contribution is -2.45. The van der Waals surface area contributed by atoms with Crippen LogP contribution in [0, 0.1) is 5.92 Å². The minimum atomic E-state index is -4.58. The lowest BCUT2D eigenvalue weighted by Gasteiger charge is -2.29. The average Bonchev–Trinajstić information content (AvgIpc) is 2.74. The first-order chi connectivity index (χ1) is 14.6. The summed E-state index contributed by atoms with van der Waals surface area (Å²) in [5.41, 5.74) is -0.957. The van der Waals surface area contributed by atoms with Crippen molar-refractivity contribution < 1.29 is 26.4 Å². The van der Waals surface area contributed by atoms with Crippen molar-refractivity contribution in [3.8, 4) is 0 Å². The molecule has 0 aliphatic heterocycles. The molecule has 0 spiro atoms. The third kappa shape index (κ3) is 7.20. The van der Waals surface area contributed by atoms with Gasteiger partial charge in [0.2, 0.25) is 5.91 Å². The van der Waals surface area contributed by atoms with Gasteiger partial charge in [-0.05, 0) is 62.6 Å². The first kappa shape index (κ1) is 24.0. The van der Waals surface area contributed by atoms with Crippen molar-refractivity contribution in [3.05, 3.63) is 29.8 Å². The summed E-state index contributed by atoms with van der Waals surface area (Å²) in [5.74, 6) is -0.322. The van der Waals surface area contributed by atoms with E-state index in [-0.39, 0.29) is 28.5 Å². The zero-order valence-electron chi connectivity index (χ0n) is 17.6. The topological polar surface area (TPSA) is 75.3 Å². The molecule has 3 rings (SSSR count). The molecule has 2 aliphatic rings. The van der Waals surface area contributed by atoms with E-state index < -0.39 is 21.6 Å². The third-order valence-electron chi connectivity index (χ3n) is 6.34. The minimum absolute atomic E-state index is 0.0215. The summed E-state index contributed by atoms with van der Waals surface area (Å²) in [4.78, 5) is 11.9. The molecule has 0 aromatic heterocycles. The van der Waals surface area contributed by atoms with Crippen LogP contribution < -0.4 is 10.6 Å². The number of alkyl halides is 3. The van der Waals surface area contributed by atoms with Crippen LogP contribution >= 0.6 is 0 Å². The number of benzene rings is 1. The van der Waals surface area contributed by atoms with Crippen LogP contribution in [0.2, 0.25) is 0 Å². The molecule has 0 atom stereocenters. The Kier molecular flexibility index (Phi) is 8.02. The highest BCUT2D eigenvalue weighted by Gasteiger charge is 2.33. The van der Waals surface area contributed by atoms with Gasteiger partial charge in [0.1, 0.15) is 0 Å². The van der Waals surface area contributed by atoms with E-state index in [9.17, 15) is 26.4 Å². The fraction of sp³-hybridized carbons (Fsp3) is 0.682. The summed E-state index contributed by atoms with van der Waals surface area (Å²) in [6.45, 7) is 0.300. The van der Waals surface area contributed by atoms with E-state index in [2.05, 4.69) is 10.6 Å². The lowest BCUT2D eigenvalue weighted by atomic mass is 9.87. The number of carbonyl (C=O) groups excluding carboxylic acids is 1. The maximum atomic E-state index is 12.9. The van der Waals surface area contributed by atoms with Crippen LogP contribution in [-0.4, -0.2) is 38.7 Å². The molecule has 0 heterocycles. The Morgan fingerprint density at radius 2 is 1.65 bits per heavy atom. The molecule has 5 nitrogen and oxygen atoms in total. The first-order valence-corrected chi connectivity index (χ1v) is 12.7. The predicted molar refractivity (Wildman–Crippen MR) is 112 cm³/mol. The molecule has 0 bridgehead atoms. The molecule has 31 heavy (non-hydrogen) atoms. The third-order valence-corrected chi connectivity index (χ3v) is 8.23. The minimum Gasteiger partial charge on any atom is -0.352 e. The Hall–Kier alpha value is -1.61. The smallest absolute Gasteiger partial charge is 0.352 e. The molecular weight excluding hydrogens is 429 g/mol. The molecule has 1 aromatic rings. The van der Waals surface area contributed by atoms with Gasteiger partial charge in [0, 0.05) is 12.1 Å². The van der Waals surface area contributed by atoms with E-state index in [1.807, 2.05) is 0 Å². The monoisotopic (exact) mass is 460 g/mol. The van der Waals surface area contributed by atoms with Crippen LogP contribution in [0.1, 0.15) is 63.4 Å². The number of nitrogens with one attached hydrogen (secondary N) is 2. The molecule has 2 fully saturated rings.